The second-order valence-electron chi connectivity index (χ2n) is 5.67. The number of sulfonamides is 1. The molecule has 0 unspecified atom stereocenters. The summed E-state index contributed by atoms with van der Waals surface area (Å²) >= 11 is 0. The van der Waals surface area contributed by atoms with E-state index in [2.05, 4.69) is 0 Å². The van der Waals surface area contributed by atoms with Crippen molar-refractivity contribution in [1.29, 1.82) is 0 Å². The van der Waals surface area contributed by atoms with Crippen molar-refractivity contribution in [3.05, 3.63) is 23.8 Å². The fourth-order valence-electron chi connectivity index (χ4n) is 2.42. The molecule has 5 nitrogen and oxygen atoms in total. The molecule has 2 rings (SSSR count). The number of morpholine rings is 1. The van der Waals surface area contributed by atoms with E-state index in [0.29, 0.717) is 36.7 Å². The fourth-order valence-corrected chi connectivity index (χ4v) is 4.32. The van der Waals surface area contributed by atoms with Gasteiger partial charge in [0, 0.05) is 18.8 Å². The first kappa shape index (κ1) is 15.3. The molecule has 1 aromatic carbocycles. The maximum Gasteiger partial charge on any atom is 0.243 e. The number of nitrogens with zero attached hydrogens (tertiary/aromatic N) is 1. The van der Waals surface area contributed by atoms with Gasteiger partial charge in [0.25, 0.3) is 0 Å². The van der Waals surface area contributed by atoms with Crippen LogP contribution in [-0.4, -0.2) is 38.0 Å². The summed E-state index contributed by atoms with van der Waals surface area (Å²) in [7, 11) is -3.52. The monoisotopic (exact) mass is 298 g/mol. The Balaban J connectivity index is 2.42. The zero-order valence-corrected chi connectivity index (χ0v) is 13.0. The Morgan fingerprint density at radius 2 is 2.10 bits per heavy atom. The van der Waals surface area contributed by atoms with Crippen LogP contribution in [0.5, 0.6) is 0 Å². The molecule has 0 spiro atoms. The molecule has 20 heavy (non-hydrogen) atoms. The molecule has 1 fully saturated rings. The Hall–Kier alpha value is -1.11. The van der Waals surface area contributed by atoms with E-state index in [1.807, 2.05) is 20.8 Å². The van der Waals surface area contributed by atoms with Crippen LogP contribution in [0.1, 0.15) is 26.3 Å². The maximum absolute atomic E-state index is 12.8. The number of aryl methyl sites for hydroxylation is 1. The summed E-state index contributed by atoms with van der Waals surface area (Å²) < 4.78 is 32.7. The van der Waals surface area contributed by atoms with Crippen molar-refractivity contribution < 1.29 is 13.2 Å². The third-order valence-electron chi connectivity index (χ3n) is 3.48. The molecule has 1 saturated heterocycles. The van der Waals surface area contributed by atoms with Crippen LogP contribution in [0.3, 0.4) is 0 Å². The summed E-state index contributed by atoms with van der Waals surface area (Å²) in [4.78, 5) is 0.317. The predicted octanol–water partition coefficient (Wildman–Crippen LogP) is 1.63. The van der Waals surface area contributed by atoms with Crippen LogP contribution in [-0.2, 0) is 21.2 Å². The third-order valence-corrected chi connectivity index (χ3v) is 5.41. The number of hydrogen-bond donors (Lipinski definition) is 1. The van der Waals surface area contributed by atoms with Gasteiger partial charge >= 0.3 is 0 Å². The Kier molecular flexibility index (Phi) is 4.09. The first-order chi connectivity index (χ1) is 9.26. The van der Waals surface area contributed by atoms with Gasteiger partial charge in [0.1, 0.15) is 0 Å². The first-order valence-corrected chi connectivity index (χ1v) is 8.23. The smallest absolute Gasteiger partial charge is 0.243 e. The zero-order valence-electron chi connectivity index (χ0n) is 12.2. The first-order valence-electron chi connectivity index (χ1n) is 6.79. The van der Waals surface area contributed by atoms with Gasteiger partial charge < -0.3 is 10.5 Å². The minimum absolute atomic E-state index is 0.317. The maximum atomic E-state index is 12.8. The summed E-state index contributed by atoms with van der Waals surface area (Å²) in [6, 6.07) is 5.07. The largest absolute Gasteiger partial charge is 0.399 e. The number of hydrogen-bond acceptors (Lipinski definition) is 4. The number of anilines is 1. The summed E-state index contributed by atoms with van der Waals surface area (Å²) in [5.41, 5.74) is 6.55. The standard InChI is InChI=1S/C14H22N2O3S/c1-4-11-5-6-12(15)9-13(11)20(17,18)16-7-8-19-14(2,3)10-16/h5-6,9H,4,7-8,10,15H2,1-3H3. The molecule has 0 bridgehead atoms. The average Bonchev–Trinajstić information content (AvgIpc) is 2.37. The molecule has 0 saturated carbocycles. The van der Waals surface area contributed by atoms with E-state index in [0.717, 1.165) is 5.56 Å². The van der Waals surface area contributed by atoms with Crippen LogP contribution in [0.15, 0.2) is 23.1 Å². The van der Waals surface area contributed by atoms with Crippen LogP contribution in [0.2, 0.25) is 0 Å². The minimum Gasteiger partial charge on any atom is -0.399 e. The van der Waals surface area contributed by atoms with Gasteiger partial charge in [-0.3, -0.25) is 0 Å². The number of nitrogen functional groups attached to an aromatic ring is 1. The summed E-state index contributed by atoms with van der Waals surface area (Å²) in [6.45, 7) is 6.88. The second-order valence-corrected chi connectivity index (χ2v) is 7.57. The van der Waals surface area contributed by atoms with Crippen LogP contribution >= 0.6 is 0 Å². The van der Waals surface area contributed by atoms with Gasteiger partial charge in [-0.25, -0.2) is 8.42 Å². The number of nitrogens with two attached hydrogens (primary N) is 1. The highest BCUT2D eigenvalue weighted by Crippen LogP contribution is 2.27. The van der Waals surface area contributed by atoms with Gasteiger partial charge in [-0.1, -0.05) is 13.0 Å². The second kappa shape index (κ2) is 5.35. The van der Waals surface area contributed by atoms with Crippen LogP contribution in [0.25, 0.3) is 0 Å². The Morgan fingerprint density at radius 3 is 2.70 bits per heavy atom. The molecule has 6 heteroatoms. The molecule has 0 radical (unpaired) electrons. The van der Waals surface area contributed by atoms with Gasteiger partial charge in [0.05, 0.1) is 17.1 Å². The highest BCUT2D eigenvalue weighted by molar-refractivity contribution is 7.89. The zero-order chi connectivity index (χ0) is 15.0. The molecule has 0 atom stereocenters. The summed E-state index contributed by atoms with van der Waals surface area (Å²) in [5, 5.41) is 0. The van der Waals surface area contributed by atoms with E-state index < -0.39 is 15.6 Å². The Morgan fingerprint density at radius 1 is 1.40 bits per heavy atom. The van der Waals surface area contributed by atoms with Crippen molar-refractivity contribution in [3.8, 4) is 0 Å². The Bertz CT molecular complexity index is 596. The van der Waals surface area contributed by atoms with E-state index in [1.165, 1.54) is 4.31 Å². The third kappa shape index (κ3) is 2.97. The molecular weight excluding hydrogens is 276 g/mol. The molecule has 112 valence electrons. The molecule has 0 aromatic heterocycles. The van der Waals surface area contributed by atoms with E-state index >= 15 is 0 Å². The minimum atomic E-state index is -3.52. The van der Waals surface area contributed by atoms with Crippen molar-refractivity contribution in [2.45, 2.75) is 37.7 Å². The van der Waals surface area contributed by atoms with E-state index in [9.17, 15) is 8.42 Å². The predicted molar refractivity (Wildman–Crippen MR) is 79.0 cm³/mol. The van der Waals surface area contributed by atoms with Crippen molar-refractivity contribution in [2.75, 3.05) is 25.4 Å². The molecule has 0 amide bonds. The fraction of sp³-hybridized carbons (Fsp3) is 0.571. The lowest BCUT2D eigenvalue weighted by molar-refractivity contribution is -0.0640. The number of rotatable bonds is 3. The van der Waals surface area contributed by atoms with Crippen LogP contribution in [0, 0.1) is 0 Å². The quantitative estimate of drug-likeness (QED) is 0.861. The molecule has 0 aliphatic carbocycles. The highest BCUT2D eigenvalue weighted by Gasteiger charge is 2.35. The van der Waals surface area contributed by atoms with Gasteiger partial charge in [-0.05, 0) is 38.0 Å². The number of benzene rings is 1. The van der Waals surface area contributed by atoms with Crippen molar-refractivity contribution in [1.82, 2.24) is 4.31 Å². The summed E-state index contributed by atoms with van der Waals surface area (Å²) in [6.07, 6.45) is 0.655. The molecule has 1 aliphatic rings. The van der Waals surface area contributed by atoms with Crippen LogP contribution < -0.4 is 5.73 Å². The van der Waals surface area contributed by atoms with E-state index in [1.54, 1.807) is 18.2 Å². The molecule has 1 aromatic rings. The Labute approximate surface area is 120 Å². The van der Waals surface area contributed by atoms with E-state index in [-0.39, 0.29) is 0 Å². The molecular formula is C14H22N2O3S. The molecule has 2 N–H and O–H groups in total. The highest BCUT2D eigenvalue weighted by atomic mass is 32.2. The average molecular weight is 298 g/mol. The van der Waals surface area contributed by atoms with Gasteiger partial charge in [0.2, 0.25) is 10.0 Å². The molecule has 1 aliphatic heterocycles. The lowest BCUT2D eigenvalue weighted by Gasteiger charge is -2.37. The van der Waals surface area contributed by atoms with Gasteiger partial charge in [-0.2, -0.15) is 4.31 Å². The number of ether oxygens (including phenoxy) is 1. The summed E-state index contributed by atoms with van der Waals surface area (Å²) in [5.74, 6) is 0. The van der Waals surface area contributed by atoms with Gasteiger partial charge in [-0.15, -0.1) is 0 Å². The topological polar surface area (TPSA) is 72.6 Å². The van der Waals surface area contributed by atoms with Crippen LogP contribution in [0.4, 0.5) is 5.69 Å². The van der Waals surface area contributed by atoms with E-state index in [4.69, 9.17) is 10.5 Å². The van der Waals surface area contributed by atoms with Gasteiger partial charge in [0.15, 0.2) is 0 Å². The lowest BCUT2D eigenvalue weighted by atomic mass is 10.1. The lowest BCUT2D eigenvalue weighted by Crippen LogP contribution is -2.50. The van der Waals surface area contributed by atoms with Crippen molar-refractivity contribution in [2.24, 2.45) is 0 Å². The van der Waals surface area contributed by atoms with Crippen molar-refractivity contribution >= 4 is 15.7 Å². The molecule has 1 heterocycles. The SMILES string of the molecule is CCc1ccc(N)cc1S(=O)(=O)N1CCOC(C)(C)C1. The normalized spacial score (nSPS) is 19.9. The van der Waals surface area contributed by atoms with Crippen molar-refractivity contribution in [3.63, 3.8) is 0 Å².